The number of sulfonamides is 1. The van der Waals surface area contributed by atoms with E-state index >= 15 is 0 Å². The van der Waals surface area contributed by atoms with Crippen molar-refractivity contribution in [2.24, 2.45) is 0 Å². The zero-order valence-corrected chi connectivity index (χ0v) is 19.6. The number of nitrogens with one attached hydrogen (secondary N) is 2. The highest BCUT2D eigenvalue weighted by Gasteiger charge is 2.20. The summed E-state index contributed by atoms with van der Waals surface area (Å²) in [5.41, 5.74) is 2.03. The number of halogens is 2. The van der Waals surface area contributed by atoms with E-state index in [1.54, 1.807) is 6.07 Å². The molecule has 0 saturated heterocycles. The van der Waals surface area contributed by atoms with E-state index in [9.17, 15) is 17.6 Å². The van der Waals surface area contributed by atoms with Crippen LogP contribution in [0, 0.1) is 12.7 Å². The molecule has 0 saturated carbocycles. The van der Waals surface area contributed by atoms with Crippen LogP contribution in [0.4, 0.5) is 15.8 Å². The number of thiophene rings is 1. The third-order valence-corrected chi connectivity index (χ3v) is 6.28. The van der Waals surface area contributed by atoms with Gasteiger partial charge in [0.25, 0.3) is 5.91 Å². The summed E-state index contributed by atoms with van der Waals surface area (Å²) in [7, 11) is -3.52. The normalized spacial score (nSPS) is 11.4. The molecule has 170 valence electrons. The summed E-state index contributed by atoms with van der Waals surface area (Å²) in [5.74, 6) is -0.612. The van der Waals surface area contributed by atoms with Gasteiger partial charge < -0.3 is 9.73 Å². The number of pyridine rings is 1. The van der Waals surface area contributed by atoms with Crippen LogP contribution in [-0.4, -0.2) is 30.5 Å². The van der Waals surface area contributed by atoms with Crippen molar-refractivity contribution in [3.05, 3.63) is 69.7 Å². The van der Waals surface area contributed by atoms with Gasteiger partial charge in [0.15, 0.2) is 12.2 Å². The molecule has 0 aliphatic heterocycles. The van der Waals surface area contributed by atoms with Crippen molar-refractivity contribution in [3.8, 4) is 22.6 Å². The Labute approximate surface area is 197 Å². The number of benzene rings is 1. The monoisotopic (exact) mass is 506 g/mol. The Kier molecular flexibility index (Phi) is 6.19. The number of aryl methyl sites for hydroxylation is 1. The molecule has 2 N–H and O–H groups in total. The van der Waals surface area contributed by atoms with Gasteiger partial charge in [0, 0.05) is 26.7 Å². The van der Waals surface area contributed by atoms with Gasteiger partial charge in [0.05, 0.1) is 34.9 Å². The van der Waals surface area contributed by atoms with Crippen molar-refractivity contribution in [1.29, 1.82) is 0 Å². The number of anilines is 2. The van der Waals surface area contributed by atoms with Crippen LogP contribution in [0.5, 0.6) is 0 Å². The van der Waals surface area contributed by atoms with E-state index in [1.807, 2.05) is 6.92 Å². The lowest BCUT2D eigenvalue weighted by Crippen LogP contribution is -2.12. The summed E-state index contributed by atoms with van der Waals surface area (Å²) < 4.78 is 44.5. The van der Waals surface area contributed by atoms with E-state index in [4.69, 9.17) is 16.0 Å². The fraction of sp³-hybridized carbons (Fsp3) is 0.0952. The lowest BCUT2D eigenvalue weighted by atomic mass is 10.0. The fourth-order valence-corrected chi connectivity index (χ4v) is 4.84. The molecule has 0 fully saturated rings. The number of carbonyl (C=O) groups excluding carboxylic acids is 1. The van der Waals surface area contributed by atoms with Gasteiger partial charge in [0.2, 0.25) is 10.0 Å². The number of carbonyl (C=O) groups is 1. The van der Waals surface area contributed by atoms with Gasteiger partial charge in [0.1, 0.15) is 5.82 Å². The summed E-state index contributed by atoms with van der Waals surface area (Å²) in [6, 6.07) is 7.32. The highest BCUT2D eigenvalue weighted by molar-refractivity contribution is 7.92. The Hall–Kier alpha value is -3.28. The first-order valence-corrected chi connectivity index (χ1v) is 12.4. The van der Waals surface area contributed by atoms with Crippen LogP contribution >= 0.6 is 22.9 Å². The van der Waals surface area contributed by atoms with Crippen LogP contribution in [-0.2, 0) is 10.0 Å². The molecule has 0 spiro atoms. The first-order valence-electron chi connectivity index (χ1n) is 9.34. The van der Waals surface area contributed by atoms with E-state index in [1.165, 1.54) is 48.2 Å². The molecule has 3 heterocycles. The topological polar surface area (TPSA) is 114 Å². The van der Waals surface area contributed by atoms with Crippen LogP contribution in [0.1, 0.15) is 14.5 Å². The average molecular weight is 507 g/mol. The van der Waals surface area contributed by atoms with Gasteiger partial charge in [-0.25, -0.2) is 17.8 Å². The maximum Gasteiger partial charge on any atom is 0.265 e. The summed E-state index contributed by atoms with van der Waals surface area (Å²) >= 11 is 7.29. The van der Waals surface area contributed by atoms with Crippen LogP contribution in [0.3, 0.4) is 0 Å². The van der Waals surface area contributed by atoms with E-state index in [0.717, 1.165) is 17.3 Å². The molecule has 0 aliphatic rings. The first-order chi connectivity index (χ1) is 15.6. The van der Waals surface area contributed by atoms with E-state index in [-0.39, 0.29) is 10.7 Å². The maximum absolute atomic E-state index is 13.9. The number of hydrogen-bond acceptors (Lipinski definition) is 7. The summed E-state index contributed by atoms with van der Waals surface area (Å²) in [6.07, 6.45) is 4.80. The first kappa shape index (κ1) is 22.9. The lowest BCUT2D eigenvalue weighted by molar-refractivity contribution is 0.103. The van der Waals surface area contributed by atoms with Gasteiger partial charge in [-0.3, -0.25) is 14.5 Å². The lowest BCUT2D eigenvalue weighted by Gasteiger charge is -2.09. The molecular weight excluding hydrogens is 491 g/mol. The second-order valence-corrected chi connectivity index (χ2v) is 10.5. The van der Waals surface area contributed by atoms with Crippen LogP contribution < -0.4 is 10.0 Å². The number of hydrogen-bond donors (Lipinski definition) is 2. The molecule has 4 aromatic rings. The van der Waals surface area contributed by atoms with Crippen molar-refractivity contribution in [2.75, 3.05) is 16.3 Å². The molecule has 0 unspecified atom stereocenters. The Bertz CT molecular complexity index is 1450. The maximum atomic E-state index is 13.9. The molecule has 1 amide bonds. The standard InChI is InChI=1S/C21H16ClFN4O4S2/c1-11-16(20-17(5-13(23)8-25-20)18-9-24-10-31-18)7-19(32-11)21(28)26-14-3-12(22)4-15(6-14)27-33(2,29)30/h3-10,27H,1-2H3,(H,26,28). The van der Waals surface area contributed by atoms with Crippen LogP contribution in [0.25, 0.3) is 22.6 Å². The summed E-state index contributed by atoms with van der Waals surface area (Å²) in [5, 5.41) is 2.96. The Balaban J connectivity index is 1.65. The molecule has 0 bridgehead atoms. The van der Waals surface area contributed by atoms with Gasteiger partial charge in [-0.1, -0.05) is 11.6 Å². The van der Waals surface area contributed by atoms with E-state index in [0.29, 0.717) is 33.1 Å². The third kappa shape index (κ3) is 5.38. The number of amides is 1. The molecular formula is C21H16ClFN4O4S2. The number of oxazole rings is 1. The van der Waals surface area contributed by atoms with Gasteiger partial charge in [-0.15, -0.1) is 11.3 Å². The quantitative estimate of drug-likeness (QED) is 0.372. The molecule has 3 aromatic heterocycles. The molecule has 0 aliphatic carbocycles. The van der Waals surface area contributed by atoms with Gasteiger partial charge in [-0.2, -0.15) is 0 Å². The van der Waals surface area contributed by atoms with Gasteiger partial charge in [-0.05, 0) is 37.3 Å². The van der Waals surface area contributed by atoms with Crippen LogP contribution in [0.15, 0.2) is 53.5 Å². The third-order valence-electron chi connectivity index (χ3n) is 4.41. The molecule has 8 nitrogen and oxygen atoms in total. The molecule has 0 atom stereocenters. The minimum atomic E-state index is -3.52. The van der Waals surface area contributed by atoms with E-state index < -0.39 is 21.7 Å². The highest BCUT2D eigenvalue weighted by atomic mass is 35.5. The number of rotatable bonds is 6. The van der Waals surface area contributed by atoms with E-state index in [2.05, 4.69) is 20.0 Å². The zero-order valence-electron chi connectivity index (χ0n) is 17.2. The Morgan fingerprint density at radius 2 is 1.88 bits per heavy atom. The van der Waals surface area contributed by atoms with Crippen molar-refractivity contribution >= 4 is 50.2 Å². The molecule has 12 heteroatoms. The molecule has 4 rings (SSSR count). The Morgan fingerprint density at radius 1 is 1.12 bits per heavy atom. The molecule has 1 aromatic carbocycles. The largest absolute Gasteiger partial charge is 0.443 e. The average Bonchev–Trinajstić information content (AvgIpc) is 3.36. The smallest absolute Gasteiger partial charge is 0.265 e. The molecule has 0 radical (unpaired) electrons. The second kappa shape index (κ2) is 8.93. The minimum absolute atomic E-state index is 0.218. The summed E-state index contributed by atoms with van der Waals surface area (Å²) in [6.45, 7) is 1.82. The Morgan fingerprint density at radius 3 is 2.58 bits per heavy atom. The second-order valence-electron chi connectivity index (χ2n) is 7.05. The van der Waals surface area contributed by atoms with Crippen molar-refractivity contribution in [2.45, 2.75) is 6.92 Å². The van der Waals surface area contributed by atoms with Crippen molar-refractivity contribution in [3.63, 3.8) is 0 Å². The zero-order chi connectivity index (χ0) is 23.8. The predicted molar refractivity (Wildman–Crippen MR) is 126 cm³/mol. The number of aromatic nitrogens is 2. The predicted octanol–water partition coefficient (Wildman–Crippen LogP) is 5.19. The number of nitrogens with zero attached hydrogens (tertiary/aromatic N) is 2. The van der Waals surface area contributed by atoms with Crippen molar-refractivity contribution in [1.82, 2.24) is 9.97 Å². The highest BCUT2D eigenvalue weighted by Crippen LogP contribution is 2.36. The van der Waals surface area contributed by atoms with Crippen molar-refractivity contribution < 1.29 is 22.0 Å². The molecule has 33 heavy (non-hydrogen) atoms. The van der Waals surface area contributed by atoms with Gasteiger partial charge >= 0.3 is 0 Å². The van der Waals surface area contributed by atoms with Crippen LogP contribution in [0.2, 0.25) is 5.02 Å². The summed E-state index contributed by atoms with van der Waals surface area (Å²) in [4.78, 5) is 22.1. The SMILES string of the molecule is Cc1sc(C(=O)Nc2cc(Cl)cc(NS(C)(=O)=O)c2)cc1-c1ncc(F)cc1-c1cnco1. The minimum Gasteiger partial charge on any atom is -0.443 e. The fourth-order valence-electron chi connectivity index (χ4n) is 3.15.